The van der Waals surface area contributed by atoms with Crippen molar-refractivity contribution in [3.05, 3.63) is 0 Å². The molecule has 0 amide bonds. The largest absolute Gasteiger partial charge is 0.462 e. The Hall–Kier alpha value is -1.59. The predicted molar refractivity (Wildman–Crippen MR) is 247 cm³/mol. The maximum atomic E-state index is 12.8. The normalized spacial score (nSPS) is 12.1. The smallest absolute Gasteiger partial charge is 0.306 e. The van der Waals surface area contributed by atoms with Gasteiger partial charge in [-0.2, -0.15) is 0 Å². The molecule has 0 aliphatic rings. The zero-order valence-electron chi connectivity index (χ0n) is 39.7. The molecule has 0 N–H and O–H groups in total. The molecule has 0 aromatic heterocycles. The first kappa shape index (κ1) is 56.4. The summed E-state index contributed by atoms with van der Waals surface area (Å²) in [5.74, 6) is 0.774. The highest BCUT2D eigenvalue weighted by Crippen LogP contribution is 2.17. The van der Waals surface area contributed by atoms with Crippen molar-refractivity contribution in [3.8, 4) is 0 Å². The van der Waals surface area contributed by atoms with E-state index >= 15 is 0 Å². The molecule has 0 spiro atoms. The Bertz CT molecular complexity index is 885. The van der Waals surface area contributed by atoms with Gasteiger partial charge in [-0.1, -0.05) is 247 Å². The van der Waals surface area contributed by atoms with Crippen LogP contribution in [-0.2, 0) is 28.6 Å². The van der Waals surface area contributed by atoms with Crippen molar-refractivity contribution in [2.24, 2.45) is 11.8 Å². The topological polar surface area (TPSA) is 78.9 Å². The van der Waals surface area contributed by atoms with Gasteiger partial charge in [0.25, 0.3) is 0 Å². The van der Waals surface area contributed by atoms with E-state index in [4.69, 9.17) is 14.2 Å². The molecule has 0 saturated carbocycles. The number of carbonyl (C=O) groups excluding carboxylic acids is 3. The molecule has 0 heterocycles. The van der Waals surface area contributed by atoms with Gasteiger partial charge < -0.3 is 14.2 Å². The molecule has 344 valence electrons. The Morgan fingerprint density at radius 3 is 0.845 bits per heavy atom. The van der Waals surface area contributed by atoms with Crippen molar-refractivity contribution in [3.63, 3.8) is 0 Å². The van der Waals surface area contributed by atoms with Gasteiger partial charge in [-0.3, -0.25) is 14.4 Å². The number of rotatable bonds is 46. The molecule has 0 bridgehead atoms. The van der Waals surface area contributed by atoms with Crippen molar-refractivity contribution in [2.75, 3.05) is 13.2 Å². The van der Waals surface area contributed by atoms with Crippen LogP contribution in [-0.4, -0.2) is 37.2 Å². The van der Waals surface area contributed by atoms with Gasteiger partial charge in [0.15, 0.2) is 6.10 Å². The summed E-state index contributed by atoms with van der Waals surface area (Å²) in [6, 6.07) is 0. The zero-order valence-corrected chi connectivity index (χ0v) is 39.7. The fourth-order valence-electron chi connectivity index (χ4n) is 7.81. The molecule has 1 atom stereocenters. The Labute approximate surface area is 361 Å². The van der Waals surface area contributed by atoms with E-state index in [2.05, 4.69) is 34.6 Å². The third kappa shape index (κ3) is 45.5. The second-order valence-corrected chi connectivity index (χ2v) is 18.8. The molecule has 6 nitrogen and oxygen atoms in total. The Morgan fingerprint density at radius 2 is 0.569 bits per heavy atom. The summed E-state index contributed by atoms with van der Waals surface area (Å²) >= 11 is 0. The van der Waals surface area contributed by atoms with Gasteiger partial charge in [0.05, 0.1) is 0 Å². The molecule has 0 unspecified atom stereocenters. The lowest BCUT2D eigenvalue weighted by Crippen LogP contribution is -2.30. The minimum absolute atomic E-state index is 0.0641. The lowest BCUT2D eigenvalue weighted by atomic mass is 10.0. The van der Waals surface area contributed by atoms with Crippen LogP contribution in [0.2, 0.25) is 0 Å². The second kappa shape index (κ2) is 44.9. The van der Waals surface area contributed by atoms with Gasteiger partial charge in [-0.15, -0.1) is 0 Å². The fraction of sp³-hybridized carbons (Fsp3) is 0.942. The molecule has 0 radical (unpaired) electrons. The van der Waals surface area contributed by atoms with Crippen molar-refractivity contribution in [1.82, 2.24) is 0 Å². The molecule has 58 heavy (non-hydrogen) atoms. The summed E-state index contributed by atoms with van der Waals surface area (Å²) in [7, 11) is 0. The van der Waals surface area contributed by atoms with E-state index in [9.17, 15) is 14.4 Å². The lowest BCUT2D eigenvalue weighted by molar-refractivity contribution is -0.167. The molecular formula is C52H100O6. The summed E-state index contributed by atoms with van der Waals surface area (Å²) in [4.78, 5) is 37.9. The number of esters is 3. The first-order valence-corrected chi connectivity index (χ1v) is 25.7. The highest BCUT2D eigenvalue weighted by molar-refractivity contribution is 5.71. The predicted octanol–water partition coefficient (Wildman–Crippen LogP) is 16.5. The third-order valence-electron chi connectivity index (χ3n) is 11.7. The van der Waals surface area contributed by atoms with Crippen LogP contribution < -0.4 is 0 Å². The van der Waals surface area contributed by atoms with Gasteiger partial charge in [0.1, 0.15) is 13.2 Å². The highest BCUT2D eigenvalue weighted by atomic mass is 16.6. The Kier molecular flexibility index (Phi) is 43.7. The number of hydrogen-bond acceptors (Lipinski definition) is 6. The van der Waals surface area contributed by atoms with Crippen LogP contribution in [0.15, 0.2) is 0 Å². The van der Waals surface area contributed by atoms with Crippen LogP contribution in [0, 0.1) is 11.8 Å². The van der Waals surface area contributed by atoms with Gasteiger partial charge in [-0.05, 0) is 31.1 Å². The fourth-order valence-corrected chi connectivity index (χ4v) is 7.81. The van der Waals surface area contributed by atoms with Crippen molar-refractivity contribution < 1.29 is 28.6 Å². The first-order valence-electron chi connectivity index (χ1n) is 25.7. The van der Waals surface area contributed by atoms with Gasteiger partial charge >= 0.3 is 17.9 Å². The molecule has 0 rings (SSSR count). The van der Waals surface area contributed by atoms with Crippen molar-refractivity contribution >= 4 is 17.9 Å². The van der Waals surface area contributed by atoms with Crippen LogP contribution in [0.25, 0.3) is 0 Å². The van der Waals surface area contributed by atoms with E-state index < -0.39 is 6.10 Å². The molecule has 0 saturated heterocycles. The summed E-state index contributed by atoms with van der Waals surface area (Å²) in [6.45, 7) is 11.3. The monoisotopic (exact) mass is 821 g/mol. The quantitative estimate of drug-likeness (QED) is 0.0346. The molecule has 0 fully saturated rings. The van der Waals surface area contributed by atoms with Crippen LogP contribution in [0.1, 0.15) is 285 Å². The van der Waals surface area contributed by atoms with Crippen LogP contribution in [0.4, 0.5) is 0 Å². The minimum Gasteiger partial charge on any atom is -0.462 e. The molecular weight excluding hydrogens is 721 g/mol. The standard InChI is InChI=1S/C52H100O6/c1-6-7-8-9-10-11-12-15-19-22-27-32-37-42-50(53)56-45-49(46-57-51(54)43-38-33-29-24-26-31-36-41-48(4)5)58-52(55)44-39-34-28-23-20-17-14-13-16-18-21-25-30-35-40-47(2)3/h47-49H,6-46H2,1-5H3/t49-/m1/s1. The average molecular weight is 821 g/mol. The SMILES string of the molecule is CCCCCCCCCCCCCCCC(=O)OC[C@H](COC(=O)CCCCCCCCCC(C)C)OC(=O)CCCCCCCCCCCCCCCCC(C)C. The summed E-state index contributed by atoms with van der Waals surface area (Å²) in [5, 5.41) is 0. The van der Waals surface area contributed by atoms with E-state index in [1.54, 1.807) is 0 Å². The van der Waals surface area contributed by atoms with Gasteiger partial charge in [0, 0.05) is 19.3 Å². The molecule has 0 aliphatic heterocycles. The van der Waals surface area contributed by atoms with Crippen LogP contribution in [0.5, 0.6) is 0 Å². The molecule has 6 heteroatoms. The molecule has 0 aromatic rings. The van der Waals surface area contributed by atoms with Crippen molar-refractivity contribution in [1.29, 1.82) is 0 Å². The van der Waals surface area contributed by atoms with E-state index in [1.165, 1.54) is 173 Å². The lowest BCUT2D eigenvalue weighted by Gasteiger charge is -2.18. The Balaban J connectivity index is 4.29. The highest BCUT2D eigenvalue weighted by Gasteiger charge is 2.19. The van der Waals surface area contributed by atoms with E-state index in [0.29, 0.717) is 19.3 Å². The van der Waals surface area contributed by atoms with Crippen molar-refractivity contribution in [2.45, 2.75) is 291 Å². The number of carbonyl (C=O) groups is 3. The van der Waals surface area contributed by atoms with E-state index in [0.717, 1.165) is 69.6 Å². The summed E-state index contributed by atoms with van der Waals surface area (Å²) < 4.78 is 16.8. The van der Waals surface area contributed by atoms with E-state index in [1.807, 2.05) is 0 Å². The Morgan fingerprint density at radius 1 is 0.328 bits per heavy atom. The van der Waals surface area contributed by atoms with Gasteiger partial charge in [-0.25, -0.2) is 0 Å². The maximum Gasteiger partial charge on any atom is 0.306 e. The van der Waals surface area contributed by atoms with E-state index in [-0.39, 0.29) is 31.1 Å². The number of unbranched alkanes of at least 4 members (excludes halogenated alkanes) is 31. The third-order valence-corrected chi connectivity index (χ3v) is 11.7. The number of hydrogen-bond donors (Lipinski definition) is 0. The molecule has 0 aromatic carbocycles. The van der Waals surface area contributed by atoms with Crippen LogP contribution >= 0.6 is 0 Å². The zero-order chi connectivity index (χ0) is 42.6. The maximum absolute atomic E-state index is 12.8. The summed E-state index contributed by atoms with van der Waals surface area (Å²) in [6.07, 6.45) is 45.2. The second-order valence-electron chi connectivity index (χ2n) is 18.8. The average Bonchev–Trinajstić information content (AvgIpc) is 3.19. The number of ether oxygens (including phenoxy) is 3. The minimum atomic E-state index is -0.761. The summed E-state index contributed by atoms with van der Waals surface area (Å²) in [5.41, 5.74) is 0. The molecule has 0 aliphatic carbocycles. The first-order chi connectivity index (χ1) is 28.2. The van der Waals surface area contributed by atoms with Crippen LogP contribution in [0.3, 0.4) is 0 Å². The van der Waals surface area contributed by atoms with Gasteiger partial charge in [0.2, 0.25) is 0 Å².